The maximum atomic E-state index is 12.8. The summed E-state index contributed by atoms with van der Waals surface area (Å²) in [5, 5.41) is 8.78. The summed E-state index contributed by atoms with van der Waals surface area (Å²) in [4.78, 5) is 0. The molecule has 1 aromatic heterocycles. The maximum absolute atomic E-state index is 12.8. The molecule has 114 valence electrons. The lowest BCUT2D eigenvalue weighted by Crippen LogP contribution is -2.04. The first-order chi connectivity index (χ1) is 11.0. The minimum Gasteiger partial charge on any atom is -0.456 e. The SMILES string of the molecule is N#Cc1ccc(-c2ccc(-c3cccc(C(F)(F)F)c3)o2)cc1. The molecule has 0 atom stereocenters. The monoisotopic (exact) mass is 313 g/mol. The van der Waals surface area contributed by atoms with Gasteiger partial charge < -0.3 is 4.42 Å². The third-order valence-corrected chi connectivity index (χ3v) is 3.38. The number of hydrogen-bond donors (Lipinski definition) is 0. The van der Waals surface area contributed by atoms with Crippen molar-refractivity contribution in [2.45, 2.75) is 6.18 Å². The molecule has 0 amide bonds. The van der Waals surface area contributed by atoms with Crippen LogP contribution in [0.15, 0.2) is 65.1 Å². The molecule has 0 saturated carbocycles. The van der Waals surface area contributed by atoms with Gasteiger partial charge in [0, 0.05) is 11.1 Å². The molecule has 0 bridgehead atoms. The predicted molar refractivity (Wildman–Crippen MR) is 79.3 cm³/mol. The Morgan fingerprint density at radius 1 is 0.826 bits per heavy atom. The van der Waals surface area contributed by atoms with Gasteiger partial charge in [0.2, 0.25) is 0 Å². The van der Waals surface area contributed by atoms with Gasteiger partial charge in [0.25, 0.3) is 0 Å². The van der Waals surface area contributed by atoms with Gasteiger partial charge in [0.1, 0.15) is 11.5 Å². The topological polar surface area (TPSA) is 36.9 Å². The molecule has 5 heteroatoms. The average molecular weight is 313 g/mol. The fraction of sp³-hybridized carbons (Fsp3) is 0.0556. The first-order valence-electron chi connectivity index (χ1n) is 6.75. The number of hydrogen-bond acceptors (Lipinski definition) is 2. The summed E-state index contributed by atoms with van der Waals surface area (Å²) in [6.07, 6.45) is -4.39. The van der Waals surface area contributed by atoms with E-state index in [1.165, 1.54) is 6.07 Å². The number of alkyl halides is 3. The van der Waals surface area contributed by atoms with Crippen LogP contribution in [0.5, 0.6) is 0 Å². The van der Waals surface area contributed by atoms with Gasteiger partial charge in [-0.05, 0) is 48.5 Å². The lowest BCUT2D eigenvalue weighted by atomic mass is 10.1. The molecule has 0 spiro atoms. The Morgan fingerprint density at radius 2 is 1.48 bits per heavy atom. The van der Waals surface area contributed by atoms with Gasteiger partial charge >= 0.3 is 6.18 Å². The minimum atomic E-state index is -4.39. The molecule has 1 heterocycles. The summed E-state index contributed by atoms with van der Waals surface area (Å²) in [5.74, 6) is 0.886. The second-order valence-electron chi connectivity index (χ2n) is 4.93. The standard InChI is InChI=1S/C18H10F3NO/c19-18(20,21)15-3-1-2-14(10-15)17-9-8-16(23-17)13-6-4-12(11-22)5-7-13/h1-10H. The molecule has 0 aliphatic heterocycles. The Balaban J connectivity index is 1.94. The number of nitriles is 1. The molecular weight excluding hydrogens is 303 g/mol. The zero-order chi connectivity index (χ0) is 16.4. The number of furan rings is 1. The molecule has 0 radical (unpaired) electrons. The van der Waals surface area contributed by atoms with Gasteiger partial charge in [-0.2, -0.15) is 18.4 Å². The Labute approximate surface area is 130 Å². The van der Waals surface area contributed by atoms with Crippen molar-refractivity contribution in [3.63, 3.8) is 0 Å². The van der Waals surface area contributed by atoms with E-state index in [4.69, 9.17) is 9.68 Å². The van der Waals surface area contributed by atoms with Crippen molar-refractivity contribution in [3.8, 4) is 28.7 Å². The molecule has 0 aliphatic carbocycles. The molecule has 0 unspecified atom stereocenters. The van der Waals surface area contributed by atoms with E-state index in [9.17, 15) is 13.2 Å². The van der Waals surface area contributed by atoms with Crippen molar-refractivity contribution in [1.29, 1.82) is 5.26 Å². The summed E-state index contributed by atoms with van der Waals surface area (Å²) >= 11 is 0. The molecular formula is C18H10F3NO. The van der Waals surface area contributed by atoms with Gasteiger partial charge in [0.05, 0.1) is 17.2 Å². The highest BCUT2D eigenvalue weighted by atomic mass is 19.4. The van der Waals surface area contributed by atoms with Crippen molar-refractivity contribution >= 4 is 0 Å². The molecule has 0 N–H and O–H groups in total. The predicted octanol–water partition coefficient (Wildman–Crippen LogP) is 5.50. The van der Waals surface area contributed by atoms with Crippen LogP contribution in [0.3, 0.4) is 0 Å². The first kappa shape index (κ1) is 14.9. The van der Waals surface area contributed by atoms with Crippen LogP contribution >= 0.6 is 0 Å². The van der Waals surface area contributed by atoms with Gasteiger partial charge in [0.15, 0.2) is 0 Å². The van der Waals surface area contributed by atoms with E-state index < -0.39 is 11.7 Å². The Kier molecular flexibility index (Phi) is 3.67. The molecule has 0 aliphatic rings. The van der Waals surface area contributed by atoms with Crippen LogP contribution in [-0.2, 0) is 6.18 Å². The van der Waals surface area contributed by atoms with Crippen LogP contribution in [0, 0.1) is 11.3 Å². The third kappa shape index (κ3) is 3.11. The molecule has 0 saturated heterocycles. The second kappa shape index (κ2) is 5.65. The summed E-state index contributed by atoms with van der Waals surface area (Å²) in [6.45, 7) is 0. The van der Waals surface area contributed by atoms with E-state index in [0.717, 1.165) is 17.7 Å². The maximum Gasteiger partial charge on any atom is 0.416 e. The smallest absolute Gasteiger partial charge is 0.416 e. The van der Waals surface area contributed by atoms with Gasteiger partial charge in [-0.15, -0.1) is 0 Å². The quantitative estimate of drug-likeness (QED) is 0.626. The van der Waals surface area contributed by atoms with E-state index >= 15 is 0 Å². The highest BCUT2D eigenvalue weighted by Gasteiger charge is 2.30. The lowest BCUT2D eigenvalue weighted by molar-refractivity contribution is -0.137. The van der Waals surface area contributed by atoms with Crippen molar-refractivity contribution < 1.29 is 17.6 Å². The molecule has 3 aromatic rings. The van der Waals surface area contributed by atoms with Crippen molar-refractivity contribution in [3.05, 3.63) is 71.8 Å². The molecule has 3 rings (SSSR count). The summed E-state index contributed by atoms with van der Waals surface area (Å²) < 4.78 is 44.0. The number of rotatable bonds is 2. The molecule has 23 heavy (non-hydrogen) atoms. The zero-order valence-corrected chi connectivity index (χ0v) is 11.8. The number of nitrogens with zero attached hydrogens (tertiary/aromatic N) is 1. The van der Waals surface area contributed by atoms with Crippen LogP contribution in [0.1, 0.15) is 11.1 Å². The summed E-state index contributed by atoms with van der Waals surface area (Å²) in [5.41, 5.74) is 0.923. The van der Waals surface area contributed by atoms with Crippen molar-refractivity contribution in [1.82, 2.24) is 0 Å². The third-order valence-electron chi connectivity index (χ3n) is 3.38. The highest BCUT2D eigenvalue weighted by molar-refractivity contribution is 5.65. The van der Waals surface area contributed by atoms with E-state index in [-0.39, 0.29) is 0 Å². The van der Waals surface area contributed by atoms with Crippen LogP contribution in [0.2, 0.25) is 0 Å². The Hall–Kier alpha value is -3.00. The first-order valence-corrected chi connectivity index (χ1v) is 6.75. The highest BCUT2D eigenvalue weighted by Crippen LogP contribution is 2.34. The molecule has 2 aromatic carbocycles. The van der Waals surface area contributed by atoms with Crippen LogP contribution in [0.4, 0.5) is 13.2 Å². The largest absolute Gasteiger partial charge is 0.456 e. The van der Waals surface area contributed by atoms with Crippen LogP contribution in [-0.4, -0.2) is 0 Å². The minimum absolute atomic E-state index is 0.357. The number of benzene rings is 2. The zero-order valence-electron chi connectivity index (χ0n) is 11.8. The Bertz CT molecular complexity index is 870. The average Bonchev–Trinajstić information content (AvgIpc) is 3.04. The van der Waals surface area contributed by atoms with E-state index in [1.807, 2.05) is 6.07 Å². The van der Waals surface area contributed by atoms with Crippen molar-refractivity contribution in [2.75, 3.05) is 0 Å². The summed E-state index contributed by atoms with van der Waals surface area (Å²) in [6, 6.07) is 17.1. The van der Waals surface area contributed by atoms with E-state index in [2.05, 4.69) is 0 Å². The fourth-order valence-electron chi connectivity index (χ4n) is 2.21. The fourth-order valence-corrected chi connectivity index (χ4v) is 2.21. The number of halogens is 3. The van der Waals surface area contributed by atoms with Crippen LogP contribution in [0.25, 0.3) is 22.6 Å². The van der Waals surface area contributed by atoms with Gasteiger partial charge in [-0.3, -0.25) is 0 Å². The van der Waals surface area contributed by atoms with Crippen molar-refractivity contribution in [2.24, 2.45) is 0 Å². The molecule has 2 nitrogen and oxygen atoms in total. The molecule has 0 fully saturated rings. The van der Waals surface area contributed by atoms with Gasteiger partial charge in [-0.1, -0.05) is 12.1 Å². The van der Waals surface area contributed by atoms with Gasteiger partial charge in [-0.25, -0.2) is 0 Å². The summed E-state index contributed by atoms with van der Waals surface area (Å²) in [7, 11) is 0. The second-order valence-corrected chi connectivity index (χ2v) is 4.93. The van der Waals surface area contributed by atoms with Crippen LogP contribution < -0.4 is 0 Å². The lowest BCUT2D eigenvalue weighted by Gasteiger charge is -2.07. The van der Waals surface area contributed by atoms with E-state index in [1.54, 1.807) is 42.5 Å². The Morgan fingerprint density at radius 3 is 2.09 bits per heavy atom. The normalized spacial score (nSPS) is 11.2. The van der Waals surface area contributed by atoms with E-state index in [0.29, 0.717) is 22.6 Å².